The maximum atomic E-state index is 13.4. The van der Waals surface area contributed by atoms with Gasteiger partial charge >= 0.3 is 0 Å². The molecule has 1 fully saturated rings. The number of hydrogen-bond donors (Lipinski definition) is 1. The number of amides is 1. The van der Waals surface area contributed by atoms with Crippen molar-refractivity contribution in [3.8, 4) is 5.75 Å². The van der Waals surface area contributed by atoms with E-state index in [1.54, 1.807) is 12.1 Å². The monoisotopic (exact) mass is 412 g/mol. The van der Waals surface area contributed by atoms with Gasteiger partial charge in [0.25, 0.3) is 12.3 Å². The van der Waals surface area contributed by atoms with E-state index in [9.17, 15) is 18.0 Å². The number of piperidine rings is 1. The molecule has 4 nitrogen and oxygen atoms in total. The average Bonchev–Trinajstić information content (AvgIpc) is 2.69. The second-order valence-corrected chi connectivity index (χ2v) is 7.02. The number of carbonyl (C=O) groups is 1. The molecule has 1 aliphatic rings. The first-order chi connectivity index (χ1) is 13.4. The Hall–Kier alpha value is -2.41. The molecule has 0 bridgehead atoms. The molecule has 1 atom stereocenters. The van der Waals surface area contributed by atoms with Gasteiger partial charge in [-0.2, -0.15) is 0 Å². The van der Waals surface area contributed by atoms with Crippen molar-refractivity contribution in [1.82, 2.24) is 5.32 Å². The number of benzene rings is 2. The average molecular weight is 413 g/mol. The Kier molecular flexibility index (Phi) is 6.67. The third-order valence-electron chi connectivity index (χ3n) is 4.53. The number of nitrogens with one attached hydrogen (secondary N) is 1. The maximum Gasteiger partial charge on any atom is 0.263 e. The fraction of sp³-hybridized carbons (Fsp3) is 0.350. The highest BCUT2D eigenvalue weighted by Gasteiger charge is 2.22. The number of halogens is 4. The molecule has 3 rings (SSSR count). The van der Waals surface area contributed by atoms with Crippen molar-refractivity contribution in [1.29, 1.82) is 0 Å². The van der Waals surface area contributed by atoms with Crippen LogP contribution in [0, 0.1) is 5.82 Å². The number of rotatable bonds is 6. The molecule has 0 radical (unpaired) electrons. The summed E-state index contributed by atoms with van der Waals surface area (Å²) in [6, 6.07) is 10.1. The van der Waals surface area contributed by atoms with Crippen LogP contribution in [0.1, 0.15) is 24.8 Å². The Balaban J connectivity index is 1.53. The van der Waals surface area contributed by atoms with Crippen LogP contribution in [-0.4, -0.2) is 31.6 Å². The summed E-state index contributed by atoms with van der Waals surface area (Å²) in [5, 5.41) is 2.86. The van der Waals surface area contributed by atoms with Crippen LogP contribution in [0.15, 0.2) is 42.5 Å². The minimum atomic E-state index is -2.52. The molecule has 8 heteroatoms. The Bertz CT molecular complexity index is 835. The van der Waals surface area contributed by atoms with Crippen LogP contribution in [0.5, 0.6) is 5.75 Å². The van der Waals surface area contributed by atoms with Crippen molar-refractivity contribution in [3.05, 3.63) is 58.9 Å². The van der Waals surface area contributed by atoms with Crippen molar-refractivity contribution >= 4 is 23.2 Å². The van der Waals surface area contributed by atoms with E-state index < -0.39 is 12.2 Å². The molecule has 2 aromatic carbocycles. The quantitative estimate of drug-likeness (QED) is 0.755. The molecule has 1 saturated heterocycles. The van der Waals surface area contributed by atoms with Crippen molar-refractivity contribution in [2.45, 2.75) is 25.3 Å². The normalized spacial score (nSPS) is 16.9. The number of hydrogen-bond acceptors (Lipinski definition) is 3. The summed E-state index contributed by atoms with van der Waals surface area (Å²) in [4.78, 5) is 14.1. The summed E-state index contributed by atoms with van der Waals surface area (Å²) in [5.41, 5.74) is 0.692. The molecule has 1 heterocycles. The zero-order valence-electron chi connectivity index (χ0n) is 15.0. The third-order valence-corrected chi connectivity index (χ3v) is 4.84. The van der Waals surface area contributed by atoms with Gasteiger partial charge in [-0.3, -0.25) is 4.79 Å². The van der Waals surface area contributed by atoms with Crippen LogP contribution >= 0.6 is 11.6 Å². The zero-order chi connectivity index (χ0) is 20.1. The van der Waals surface area contributed by atoms with Crippen LogP contribution in [-0.2, 0) is 4.79 Å². The fourth-order valence-corrected chi connectivity index (χ4v) is 3.29. The standard InChI is InChI=1S/C20H20ClF3N2O2/c21-17-7-6-16(10-18(17)22)28-12-19(27)25-14-4-2-8-26(11-14)15-5-1-3-13(9-15)20(23)24/h1,3,5-7,9-10,14,20H,2,4,8,11-12H2,(H,25,27)/t14-/m0/s1. The van der Waals surface area contributed by atoms with Gasteiger partial charge in [-0.25, -0.2) is 13.2 Å². The minimum Gasteiger partial charge on any atom is -0.484 e. The summed E-state index contributed by atoms with van der Waals surface area (Å²) < 4.78 is 44.5. The number of anilines is 1. The summed E-state index contributed by atoms with van der Waals surface area (Å²) in [6.45, 7) is 1.01. The van der Waals surface area contributed by atoms with Crippen molar-refractivity contribution < 1.29 is 22.7 Å². The van der Waals surface area contributed by atoms with Gasteiger partial charge in [0.05, 0.1) is 5.02 Å². The third kappa shape index (κ3) is 5.32. The van der Waals surface area contributed by atoms with Gasteiger partial charge in [-0.15, -0.1) is 0 Å². The molecule has 0 saturated carbocycles. The summed E-state index contributed by atoms with van der Waals surface area (Å²) in [7, 11) is 0. The Labute approximate surface area is 166 Å². The highest BCUT2D eigenvalue weighted by molar-refractivity contribution is 6.30. The van der Waals surface area contributed by atoms with Crippen LogP contribution in [0.25, 0.3) is 0 Å². The van der Waals surface area contributed by atoms with E-state index >= 15 is 0 Å². The Morgan fingerprint density at radius 1 is 1.29 bits per heavy atom. The van der Waals surface area contributed by atoms with Crippen LogP contribution in [0.2, 0.25) is 5.02 Å². The highest BCUT2D eigenvalue weighted by Crippen LogP contribution is 2.26. The van der Waals surface area contributed by atoms with Gasteiger partial charge in [0.15, 0.2) is 6.61 Å². The van der Waals surface area contributed by atoms with E-state index in [1.165, 1.54) is 24.3 Å². The van der Waals surface area contributed by atoms with Crippen LogP contribution in [0.4, 0.5) is 18.9 Å². The number of ether oxygens (including phenoxy) is 1. The molecule has 28 heavy (non-hydrogen) atoms. The molecule has 0 aromatic heterocycles. The van der Waals surface area contributed by atoms with Crippen molar-refractivity contribution in [3.63, 3.8) is 0 Å². The second-order valence-electron chi connectivity index (χ2n) is 6.61. The van der Waals surface area contributed by atoms with E-state index in [4.69, 9.17) is 16.3 Å². The smallest absolute Gasteiger partial charge is 0.263 e. The van der Waals surface area contributed by atoms with E-state index in [0.29, 0.717) is 12.2 Å². The summed E-state index contributed by atoms with van der Waals surface area (Å²) >= 11 is 5.61. The molecule has 0 spiro atoms. The summed E-state index contributed by atoms with van der Waals surface area (Å²) in [6.07, 6.45) is -0.908. The lowest BCUT2D eigenvalue weighted by Gasteiger charge is -2.35. The van der Waals surface area contributed by atoms with E-state index in [1.807, 2.05) is 4.90 Å². The molecule has 1 aliphatic heterocycles. The maximum absolute atomic E-state index is 13.4. The van der Waals surface area contributed by atoms with Crippen LogP contribution < -0.4 is 15.0 Å². The SMILES string of the molecule is O=C(COc1ccc(Cl)c(F)c1)N[C@H]1CCCN(c2cccc(C(F)F)c2)C1. The molecule has 0 aliphatic carbocycles. The van der Waals surface area contributed by atoms with Gasteiger partial charge in [0.2, 0.25) is 0 Å². The topological polar surface area (TPSA) is 41.6 Å². The molecule has 2 aromatic rings. The molecular formula is C20H20ClF3N2O2. The first kappa shape index (κ1) is 20.3. The Morgan fingerprint density at radius 3 is 2.86 bits per heavy atom. The van der Waals surface area contributed by atoms with E-state index in [0.717, 1.165) is 25.5 Å². The van der Waals surface area contributed by atoms with Crippen LogP contribution in [0.3, 0.4) is 0 Å². The van der Waals surface area contributed by atoms with Gasteiger partial charge in [-0.1, -0.05) is 23.7 Å². The lowest BCUT2D eigenvalue weighted by molar-refractivity contribution is -0.123. The highest BCUT2D eigenvalue weighted by atomic mass is 35.5. The molecule has 1 amide bonds. The van der Waals surface area contributed by atoms with Crippen molar-refractivity contribution in [2.75, 3.05) is 24.6 Å². The van der Waals surface area contributed by atoms with E-state index in [-0.39, 0.29) is 34.9 Å². The van der Waals surface area contributed by atoms with Gasteiger partial charge in [-0.05, 0) is 37.1 Å². The number of carbonyl (C=O) groups excluding carboxylic acids is 1. The summed E-state index contributed by atoms with van der Waals surface area (Å²) in [5.74, 6) is -0.733. The largest absolute Gasteiger partial charge is 0.484 e. The first-order valence-corrected chi connectivity index (χ1v) is 9.30. The lowest BCUT2D eigenvalue weighted by atomic mass is 10.0. The van der Waals surface area contributed by atoms with Gasteiger partial charge in [0.1, 0.15) is 11.6 Å². The minimum absolute atomic E-state index is 0.0185. The lowest BCUT2D eigenvalue weighted by Crippen LogP contribution is -2.49. The fourth-order valence-electron chi connectivity index (χ4n) is 3.17. The predicted molar refractivity (Wildman–Crippen MR) is 102 cm³/mol. The molecule has 0 unspecified atom stereocenters. The number of nitrogens with zero attached hydrogens (tertiary/aromatic N) is 1. The van der Waals surface area contributed by atoms with Gasteiger partial charge in [0, 0.05) is 36.4 Å². The van der Waals surface area contributed by atoms with E-state index in [2.05, 4.69) is 5.32 Å². The van der Waals surface area contributed by atoms with Crippen molar-refractivity contribution in [2.24, 2.45) is 0 Å². The molecular weight excluding hydrogens is 393 g/mol. The zero-order valence-corrected chi connectivity index (χ0v) is 15.8. The first-order valence-electron chi connectivity index (χ1n) is 8.92. The second kappa shape index (κ2) is 9.19. The predicted octanol–water partition coefficient (Wildman–Crippen LogP) is 4.58. The molecule has 150 valence electrons. The Morgan fingerprint density at radius 2 is 2.11 bits per heavy atom. The number of alkyl halides is 2. The molecule has 1 N–H and O–H groups in total. The van der Waals surface area contributed by atoms with Gasteiger partial charge < -0.3 is 15.0 Å².